The van der Waals surface area contributed by atoms with Crippen LogP contribution in [0, 0.1) is 10.1 Å². The van der Waals surface area contributed by atoms with Gasteiger partial charge in [0.25, 0.3) is 0 Å². The first-order valence-electron chi connectivity index (χ1n) is 8.28. The number of benzene rings is 1. The van der Waals surface area contributed by atoms with E-state index in [0.717, 1.165) is 0 Å². The number of ether oxygens (including phenoxy) is 2. The van der Waals surface area contributed by atoms with Crippen molar-refractivity contribution >= 4 is 17.3 Å². The molecule has 8 nitrogen and oxygen atoms in total. The van der Waals surface area contributed by atoms with E-state index in [-0.39, 0.29) is 17.3 Å². The lowest BCUT2D eigenvalue weighted by atomic mass is 10.1. The molecule has 1 aliphatic heterocycles. The normalized spacial score (nSPS) is 16.2. The Morgan fingerprint density at radius 3 is 2.56 bits per heavy atom. The third kappa shape index (κ3) is 5.32. The highest BCUT2D eigenvalue weighted by Gasteiger charge is 2.24. The Balaban J connectivity index is 2.14. The minimum absolute atomic E-state index is 0.0278. The van der Waals surface area contributed by atoms with Crippen LogP contribution >= 0.6 is 0 Å². The summed E-state index contributed by atoms with van der Waals surface area (Å²) in [5.41, 5.74) is -0.0786. The number of nitrogens with zero attached hydrogens (tertiary/aromatic N) is 2. The molecule has 0 bridgehead atoms. The highest BCUT2D eigenvalue weighted by Crippen LogP contribution is 2.33. The number of carbonyl (C=O) groups is 1. The van der Waals surface area contributed by atoms with Crippen molar-refractivity contribution in [1.29, 1.82) is 0 Å². The first kappa shape index (κ1) is 19.0. The quantitative estimate of drug-likeness (QED) is 0.647. The van der Waals surface area contributed by atoms with Crippen LogP contribution in [0.15, 0.2) is 18.2 Å². The standard InChI is InChI=1S/C17H25N3O5/c1-12(16(21)19-7-9-24-10-8-19)18-13-5-6-14(20(22)23)15(11-13)25-17(2,3)4/h5-6,11-12,18H,7-10H2,1-4H3. The Kier molecular flexibility index (Phi) is 5.84. The van der Waals surface area contributed by atoms with E-state index in [0.29, 0.717) is 32.0 Å². The predicted molar refractivity (Wildman–Crippen MR) is 94.0 cm³/mol. The van der Waals surface area contributed by atoms with Crippen LogP contribution in [0.25, 0.3) is 0 Å². The molecule has 1 aliphatic rings. The van der Waals surface area contributed by atoms with Gasteiger partial charge in [0.1, 0.15) is 11.6 Å². The van der Waals surface area contributed by atoms with E-state index in [9.17, 15) is 14.9 Å². The lowest BCUT2D eigenvalue weighted by Gasteiger charge is -2.30. The molecular formula is C17H25N3O5. The van der Waals surface area contributed by atoms with Crippen LogP contribution in [0.4, 0.5) is 11.4 Å². The van der Waals surface area contributed by atoms with Gasteiger partial charge in [-0.05, 0) is 33.8 Å². The molecule has 1 atom stereocenters. The number of nitro groups is 1. The van der Waals surface area contributed by atoms with Gasteiger partial charge in [-0.25, -0.2) is 0 Å². The van der Waals surface area contributed by atoms with Gasteiger partial charge in [0, 0.05) is 30.9 Å². The summed E-state index contributed by atoms with van der Waals surface area (Å²) >= 11 is 0. The van der Waals surface area contributed by atoms with Crippen molar-refractivity contribution in [2.75, 3.05) is 31.6 Å². The fourth-order valence-corrected chi connectivity index (χ4v) is 2.54. The summed E-state index contributed by atoms with van der Waals surface area (Å²) in [6, 6.07) is 4.07. The molecule has 1 saturated heterocycles. The number of rotatable bonds is 5. The summed E-state index contributed by atoms with van der Waals surface area (Å²) in [7, 11) is 0. The van der Waals surface area contributed by atoms with E-state index in [2.05, 4.69) is 5.32 Å². The molecular weight excluding hydrogens is 326 g/mol. The lowest BCUT2D eigenvalue weighted by Crippen LogP contribution is -2.47. The lowest BCUT2D eigenvalue weighted by molar-refractivity contribution is -0.386. The van der Waals surface area contributed by atoms with Crippen molar-refractivity contribution in [2.45, 2.75) is 39.3 Å². The topological polar surface area (TPSA) is 93.9 Å². The van der Waals surface area contributed by atoms with Crippen LogP contribution in [-0.2, 0) is 9.53 Å². The number of nitro benzene ring substituents is 1. The molecule has 0 aliphatic carbocycles. The zero-order chi connectivity index (χ0) is 18.6. The van der Waals surface area contributed by atoms with Crippen molar-refractivity contribution in [3.05, 3.63) is 28.3 Å². The minimum atomic E-state index is -0.571. The summed E-state index contributed by atoms with van der Waals surface area (Å²) in [6.45, 7) is 9.46. The van der Waals surface area contributed by atoms with Gasteiger partial charge in [-0.15, -0.1) is 0 Å². The first-order chi connectivity index (χ1) is 11.7. The Bertz CT molecular complexity index is 636. The smallest absolute Gasteiger partial charge is 0.311 e. The summed E-state index contributed by atoms with van der Waals surface area (Å²) < 4.78 is 11.0. The first-order valence-corrected chi connectivity index (χ1v) is 8.28. The van der Waals surface area contributed by atoms with E-state index >= 15 is 0 Å². The number of nitrogens with one attached hydrogen (secondary N) is 1. The number of hydrogen-bond acceptors (Lipinski definition) is 6. The van der Waals surface area contributed by atoms with Crippen LogP contribution in [0.5, 0.6) is 5.75 Å². The fraction of sp³-hybridized carbons (Fsp3) is 0.588. The van der Waals surface area contributed by atoms with Crippen molar-refractivity contribution in [3.63, 3.8) is 0 Å². The van der Waals surface area contributed by atoms with Crippen LogP contribution in [0.1, 0.15) is 27.7 Å². The summed E-state index contributed by atoms with van der Waals surface area (Å²) in [5.74, 6) is 0.147. The highest BCUT2D eigenvalue weighted by atomic mass is 16.6. The average Bonchev–Trinajstić information content (AvgIpc) is 2.53. The molecule has 0 spiro atoms. The Morgan fingerprint density at radius 1 is 1.36 bits per heavy atom. The van der Waals surface area contributed by atoms with Crippen LogP contribution in [0.3, 0.4) is 0 Å². The van der Waals surface area contributed by atoms with E-state index < -0.39 is 16.6 Å². The SMILES string of the molecule is CC(Nc1ccc([N+](=O)[O-])c(OC(C)(C)C)c1)C(=O)N1CCOCC1. The molecule has 0 saturated carbocycles. The molecule has 1 N–H and O–H groups in total. The van der Waals surface area contributed by atoms with Gasteiger partial charge >= 0.3 is 5.69 Å². The van der Waals surface area contributed by atoms with Gasteiger partial charge in [0.15, 0.2) is 5.75 Å². The van der Waals surface area contributed by atoms with E-state index in [1.165, 1.54) is 6.07 Å². The zero-order valence-corrected chi connectivity index (χ0v) is 15.1. The average molecular weight is 351 g/mol. The Morgan fingerprint density at radius 2 is 2.00 bits per heavy atom. The number of hydrogen-bond donors (Lipinski definition) is 1. The van der Waals surface area contributed by atoms with E-state index in [1.807, 2.05) is 20.8 Å². The van der Waals surface area contributed by atoms with Crippen LogP contribution in [-0.4, -0.2) is 53.7 Å². The Hall–Kier alpha value is -2.35. The maximum atomic E-state index is 12.5. The second kappa shape index (κ2) is 7.69. The molecule has 1 aromatic rings. The van der Waals surface area contributed by atoms with Gasteiger partial charge in [0.05, 0.1) is 18.1 Å². The number of carbonyl (C=O) groups excluding carboxylic acids is 1. The number of morpholine rings is 1. The molecule has 0 aromatic heterocycles. The van der Waals surface area contributed by atoms with E-state index in [4.69, 9.17) is 9.47 Å². The molecule has 1 fully saturated rings. The molecule has 8 heteroatoms. The number of anilines is 1. The van der Waals surface area contributed by atoms with Crippen molar-refractivity contribution in [1.82, 2.24) is 4.90 Å². The van der Waals surface area contributed by atoms with Crippen molar-refractivity contribution < 1.29 is 19.2 Å². The minimum Gasteiger partial charge on any atom is -0.481 e. The number of amides is 1. The van der Waals surface area contributed by atoms with E-state index in [1.54, 1.807) is 24.0 Å². The molecule has 0 radical (unpaired) electrons. The third-order valence-electron chi connectivity index (χ3n) is 3.65. The predicted octanol–water partition coefficient (Wildman–Crippen LogP) is 2.43. The largest absolute Gasteiger partial charge is 0.481 e. The maximum Gasteiger partial charge on any atom is 0.311 e. The van der Waals surface area contributed by atoms with Crippen molar-refractivity contribution in [2.24, 2.45) is 0 Å². The highest BCUT2D eigenvalue weighted by molar-refractivity contribution is 5.84. The summed E-state index contributed by atoms with van der Waals surface area (Å²) in [6.07, 6.45) is 0. The summed E-state index contributed by atoms with van der Waals surface area (Å²) in [4.78, 5) is 24.9. The fourth-order valence-electron chi connectivity index (χ4n) is 2.54. The third-order valence-corrected chi connectivity index (χ3v) is 3.65. The maximum absolute atomic E-state index is 12.5. The van der Waals surface area contributed by atoms with Gasteiger partial charge in [-0.1, -0.05) is 0 Å². The van der Waals surface area contributed by atoms with Crippen LogP contribution < -0.4 is 10.1 Å². The second-order valence-electron chi connectivity index (χ2n) is 6.96. The van der Waals surface area contributed by atoms with Gasteiger partial charge in [-0.3, -0.25) is 14.9 Å². The monoisotopic (exact) mass is 351 g/mol. The Labute approximate surface area is 147 Å². The van der Waals surface area contributed by atoms with Crippen molar-refractivity contribution in [3.8, 4) is 5.75 Å². The molecule has 1 aromatic carbocycles. The molecule has 1 amide bonds. The molecule has 1 heterocycles. The molecule has 25 heavy (non-hydrogen) atoms. The molecule has 138 valence electrons. The summed E-state index contributed by atoms with van der Waals surface area (Å²) in [5, 5.41) is 14.3. The van der Waals surface area contributed by atoms with Gasteiger partial charge in [-0.2, -0.15) is 0 Å². The molecule has 1 unspecified atom stereocenters. The van der Waals surface area contributed by atoms with Crippen LogP contribution in [0.2, 0.25) is 0 Å². The van der Waals surface area contributed by atoms with Gasteiger partial charge < -0.3 is 19.7 Å². The zero-order valence-electron chi connectivity index (χ0n) is 15.1. The molecule has 2 rings (SSSR count). The second-order valence-corrected chi connectivity index (χ2v) is 6.96. The van der Waals surface area contributed by atoms with Gasteiger partial charge in [0.2, 0.25) is 5.91 Å².